The van der Waals surface area contributed by atoms with Crippen molar-refractivity contribution in [2.75, 3.05) is 0 Å². The normalized spacial score (nSPS) is 11.0. The van der Waals surface area contributed by atoms with Crippen molar-refractivity contribution < 1.29 is 0 Å². The van der Waals surface area contributed by atoms with Crippen molar-refractivity contribution in [3.05, 3.63) is 70.8 Å². The van der Waals surface area contributed by atoms with Crippen molar-refractivity contribution >= 4 is 17.1 Å². The lowest BCUT2D eigenvalue weighted by Gasteiger charge is -2.05. The number of hydrogen-bond donors (Lipinski definition) is 0. The summed E-state index contributed by atoms with van der Waals surface area (Å²) < 4.78 is 2.19. The molecule has 2 aromatic heterocycles. The molecular weight excluding hydrogens is 244 g/mol. The molecule has 3 heteroatoms. The van der Waals surface area contributed by atoms with Gasteiger partial charge >= 0.3 is 0 Å². The zero-order valence-electron chi connectivity index (χ0n) is 10.1. The number of imidazole rings is 1. The first-order valence-corrected chi connectivity index (χ1v) is 6.28. The largest absolute Gasteiger partial charge is 0.301 e. The number of nitrogens with zero attached hydrogens (tertiary/aromatic N) is 2. The second-order valence-corrected chi connectivity index (χ2v) is 4.84. The Hall–Kier alpha value is -1.80. The Bertz CT molecular complexity index is 683. The molecule has 0 spiro atoms. The first kappa shape index (κ1) is 11.3. The van der Waals surface area contributed by atoms with Crippen LogP contribution >= 0.6 is 11.6 Å². The Balaban J connectivity index is 2.02. The fourth-order valence-corrected chi connectivity index (χ4v) is 2.33. The van der Waals surface area contributed by atoms with Gasteiger partial charge in [0.2, 0.25) is 0 Å². The smallest absolute Gasteiger partial charge is 0.117 e. The predicted molar refractivity (Wildman–Crippen MR) is 74.2 cm³/mol. The first-order chi connectivity index (χ1) is 8.74. The van der Waals surface area contributed by atoms with Gasteiger partial charge in [-0.15, -0.1) is 0 Å². The lowest BCUT2D eigenvalue weighted by molar-refractivity contribution is 0.932. The van der Waals surface area contributed by atoms with Gasteiger partial charge in [0.25, 0.3) is 0 Å². The summed E-state index contributed by atoms with van der Waals surface area (Å²) >= 11 is 5.89. The summed E-state index contributed by atoms with van der Waals surface area (Å²) in [7, 11) is 0. The highest BCUT2D eigenvalue weighted by Crippen LogP contribution is 2.16. The van der Waals surface area contributed by atoms with E-state index in [2.05, 4.69) is 34.5 Å². The monoisotopic (exact) mass is 256 g/mol. The van der Waals surface area contributed by atoms with Gasteiger partial charge in [0.05, 0.1) is 11.7 Å². The van der Waals surface area contributed by atoms with Crippen molar-refractivity contribution in [2.45, 2.75) is 13.3 Å². The number of aryl methyl sites for hydroxylation is 1. The second-order valence-electron chi connectivity index (χ2n) is 4.41. The van der Waals surface area contributed by atoms with Gasteiger partial charge in [-0.05, 0) is 36.8 Å². The zero-order chi connectivity index (χ0) is 12.5. The van der Waals surface area contributed by atoms with E-state index in [9.17, 15) is 0 Å². The first-order valence-electron chi connectivity index (χ1n) is 5.90. The molecule has 0 saturated heterocycles. The van der Waals surface area contributed by atoms with E-state index in [1.54, 1.807) is 0 Å². The second kappa shape index (κ2) is 4.46. The zero-order valence-corrected chi connectivity index (χ0v) is 10.9. The van der Waals surface area contributed by atoms with Gasteiger partial charge < -0.3 is 4.40 Å². The molecule has 0 unspecified atom stereocenters. The van der Waals surface area contributed by atoms with Crippen molar-refractivity contribution in [1.82, 2.24) is 9.38 Å². The molecular formula is C15H13ClN2. The number of benzene rings is 1. The number of fused-ring (bicyclic) bond motifs is 1. The number of pyridine rings is 1. The van der Waals surface area contributed by atoms with Crippen LogP contribution in [0.25, 0.3) is 5.52 Å². The molecule has 0 atom stereocenters. The summed E-state index contributed by atoms with van der Waals surface area (Å²) in [6.07, 6.45) is 2.73. The van der Waals surface area contributed by atoms with Gasteiger partial charge in [0.1, 0.15) is 5.82 Å². The molecule has 0 aliphatic rings. The molecule has 18 heavy (non-hydrogen) atoms. The van der Waals surface area contributed by atoms with Gasteiger partial charge in [-0.25, -0.2) is 4.98 Å². The Morgan fingerprint density at radius 3 is 2.67 bits per heavy atom. The van der Waals surface area contributed by atoms with E-state index in [1.165, 1.54) is 11.3 Å². The molecule has 1 aromatic carbocycles. The minimum absolute atomic E-state index is 0.767. The molecule has 2 nitrogen and oxygen atoms in total. The van der Waals surface area contributed by atoms with Crippen molar-refractivity contribution in [3.63, 3.8) is 0 Å². The quantitative estimate of drug-likeness (QED) is 0.680. The third-order valence-corrected chi connectivity index (χ3v) is 3.35. The fourth-order valence-electron chi connectivity index (χ4n) is 2.20. The summed E-state index contributed by atoms with van der Waals surface area (Å²) in [4.78, 5) is 4.50. The number of hydrogen-bond acceptors (Lipinski definition) is 1. The lowest BCUT2D eigenvalue weighted by atomic mass is 10.1. The van der Waals surface area contributed by atoms with Crippen LogP contribution in [0.3, 0.4) is 0 Å². The SMILES string of the molecule is Cc1cccc2cnc(Cc3ccc(Cl)cc3)n12. The number of aromatic nitrogens is 2. The maximum atomic E-state index is 5.89. The van der Waals surface area contributed by atoms with Crippen LogP contribution in [0, 0.1) is 6.92 Å². The molecule has 0 radical (unpaired) electrons. The predicted octanol–water partition coefficient (Wildman–Crippen LogP) is 3.89. The van der Waals surface area contributed by atoms with Crippen molar-refractivity contribution in [3.8, 4) is 0 Å². The summed E-state index contributed by atoms with van der Waals surface area (Å²) in [6.45, 7) is 2.10. The van der Waals surface area contributed by atoms with Gasteiger partial charge in [-0.1, -0.05) is 29.8 Å². The highest BCUT2D eigenvalue weighted by Gasteiger charge is 2.06. The third kappa shape index (κ3) is 2.00. The summed E-state index contributed by atoms with van der Waals surface area (Å²) in [6, 6.07) is 14.1. The number of rotatable bonds is 2. The molecule has 3 rings (SSSR count). The van der Waals surface area contributed by atoms with Gasteiger partial charge in [0.15, 0.2) is 0 Å². The van der Waals surface area contributed by atoms with Gasteiger partial charge in [-0.2, -0.15) is 0 Å². The Morgan fingerprint density at radius 1 is 1.11 bits per heavy atom. The molecule has 90 valence electrons. The molecule has 0 saturated carbocycles. The van der Waals surface area contributed by atoms with Crippen LogP contribution in [-0.2, 0) is 6.42 Å². The highest BCUT2D eigenvalue weighted by molar-refractivity contribution is 6.30. The molecule has 0 N–H and O–H groups in total. The van der Waals surface area contributed by atoms with Crippen LogP contribution in [-0.4, -0.2) is 9.38 Å². The van der Waals surface area contributed by atoms with E-state index in [-0.39, 0.29) is 0 Å². The molecule has 0 bridgehead atoms. The lowest BCUT2D eigenvalue weighted by Crippen LogP contribution is -1.99. The highest BCUT2D eigenvalue weighted by atomic mass is 35.5. The summed E-state index contributed by atoms with van der Waals surface area (Å²) in [5, 5.41) is 0.767. The van der Waals surface area contributed by atoms with E-state index in [0.717, 1.165) is 22.8 Å². The van der Waals surface area contributed by atoms with E-state index in [1.807, 2.05) is 30.5 Å². The molecule has 0 amide bonds. The van der Waals surface area contributed by atoms with E-state index >= 15 is 0 Å². The van der Waals surface area contributed by atoms with Crippen LogP contribution in [0.1, 0.15) is 17.1 Å². The Morgan fingerprint density at radius 2 is 1.89 bits per heavy atom. The van der Waals surface area contributed by atoms with Gasteiger partial charge in [-0.3, -0.25) is 0 Å². The average molecular weight is 257 g/mol. The summed E-state index contributed by atoms with van der Waals surface area (Å²) in [5.41, 5.74) is 3.56. The summed E-state index contributed by atoms with van der Waals surface area (Å²) in [5.74, 6) is 1.06. The third-order valence-electron chi connectivity index (χ3n) is 3.09. The molecule has 0 aliphatic heterocycles. The topological polar surface area (TPSA) is 17.3 Å². The van der Waals surface area contributed by atoms with E-state index in [4.69, 9.17) is 11.6 Å². The molecule has 0 aliphatic carbocycles. The average Bonchev–Trinajstić information content (AvgIpc) is 2.77. The fraction of sp³-hybridized carbons (Fsp3) is 0.133. The van der Waals surface area contributed by atoms with Gasteiger partial charge in [0, 0.05) is 17.1 Å². The maximum Gasteiger partial charge on any atom is 0.117 e. The molecule has 3 aromatic rings. The standard InChI is InChI=1S/C15H13ClN2/c1-11-3-2-4-14-10-17-15(18(11)14)9-12-5-7-13(16)8-6-12/h2-8,10H,9H2,1H3. The van der Waals surface area contributed by atoms with Crippen LogP contribution in [0.15, 0.2) is 48.7 Å². The number of halogens is 1. The van der Waals surface area contributed by atoms with E-state index in [0.29, 0.717) is 0 Å². The molecule has 0 fully saturated rings. The maximum absolute atomic E-state index is 5.89. The Kier molecular flexibility index (Phi) is 2.80. The van der Waals surface area contributed by atoms with Crippen LogP contribution in [0.2, 0.25) is 5.02 Å². The van der Waals surface area contributed by atoms with Crippen LogP contribution in [0.5, 0.6) is 0 Å². The van der Waals surface area contributed by atoms with Crippen molar-refractivity contribution in [2.24, 2.45) is 0 Å². The van der Waals surface area contributed by atoms with E-state index < -0.39 is 0 Å². The minimum atomic E-state index is 0.767. The van der Waals surface area contributed by atoms with Crippen LogP contribution in [0.4, 0.5) is 0 Å². The van der Waals surface area contributed by atoms with Crippen molar-refractivity contribution in [1.29, 1.82) is 0 Å². The molecule has 2 heterocycles. The Labute approximate surface area is 111 Å². The minimum Gasteiger partial charge on any atom is -0.301 e. The van der Waals surface area contributed by atoms with Crippen LogP contribution < -0.4 is 0 Å².